The molecule has 2 rings (SSSR count). The Balaban J connectivity index is 2.50. The molecule has 0 N–H and O–H groups in total. The Labute approximate surface area is 87.8 Å². The number of hydrogen-bond donors (Lipinski definition) is 0. The summed E-state index contributed by atoms with van der Waals surface area (Å²) in [6.45, 7) is 1.99. The number of aryl methyl sites for hydroxylation is 2. The van der Waals surface area contributed by atoms with Crippen molar-refractivity contribution in [3.8, 4) is 17.3 Å². The molecule has 0 amide bonds. The SMILES string of the molecule is Cc1cc(-c2ccnc(C#N)c2)nn1C. The molecule has 0 aromatic carbocycles. The van der Waals surface area contributed by atoms with E-state index in [4.69, 9.17) is 5.26 Å². The van der Waals surface area contributed by atoms with Crippen LogP contribution in [0, 0.1) is 18.3 Å². The fourth-order valence-electron chi connectivity index (χ4n) is 1.35. The van der Waals surface area contributed by atoms with Gasteiger partial charge in [-0.2, -0.15) is 10.4 Å². The zero-order chi connectivity index (χ0) is 10.8. The van der Waals surface area contributed by atoms with Crippen molar-refractivity contribution < 1.29 is 0 Å². The first-order valence-electron chi connectivity index (χ1n) is 4.58. The van der Waals surface area contributed by atoms with Gasteiger partial charge in [-0.25, -0.2) is 4.98 Å². The molecule has 0 aliphatic rings. The molecule has 0 saturated carbocycles. The van der Waals surface area contributed by atoms with Gasteiger partial charge in [0.25, 0.3) is 0 Å². The van der Waals surface area contributed by atoms with E-state index in [-0.39, 0.29) is 0 Å². The summed E-state index contributed by atoms with van der Waals surface area (Å²) in [7, 11) is 1.89. The number of rotatable bonds is 1. The number of aromatic nitrogens is 3. The molecule has 0 saturated heterocycles. The van der Waals surface area contributed by atoms with Crippen molar-refractivity contribution in [3.05, 3.63) is 35.8 Å². The molecule has 0 fully saturated rings. The predicted molar refractivity (Wildman–Crippen MR) is 55.9 cm³/mol. The van der Waals surface area contributed by atoms with Gasteiger partial charge in [-0.1, -0.05) is 0 Å². The molecule has 0 aliphatic heterocycles. The summed E-state index contributed by atoms with van der Waals surface area (Å²) >= 11 is 0. The molecule has 0 bridgehead atoms. The molecule has 0 aliphatic carbocycles. The van der Waals surface area contributed by atoms with Crippen molar-refractivity contribution in [3.63, 3.8) is 0 Å². The van der Waals surface area contributed by atoms with E-state index < -0.39 is 0 Å². The molecule has 4 nitrogen and oxygen atoms in total. The van der Waals surface area contributed by atoms with E-state index in [1.54, 1.807) is 12.3 Å². The highest BCUT2D eigenvalue weighted by Gasteiger charge is 2.04. The van der Waals surface area contributed by atoms with Crippen LogP contribution in [0.3, 0.4) is 0 Å². The van der Waals surface area contributed by atoms with Crippen molar-refractivity contribution in [2.45, 2.75) is 6.92 Å². The van der Waals surface area contributed by atoms with Crippen molar-refractivity contribution >= 4 is 0 Å². The highest BCUT2D eigenvalue weighted by molar-refractivity contribution is 5.60. The van der Waals surface area contributed by atoms with E-state index in [0.717, 1.165) is 17.0 Å². The second kappa shape index (κ2) is 3.54. The lowest BCUT2D eigenvalue weighted by atomic mass is 10.1. The quantitative estimate of drug-likeness (QED) is 0.700. The average Bonchev–Trinajstić information content (AvgIpc) is 2.59. The average molecular weight is 198 g/mol. The summed E-state index contributed by atoms with van der Waals surface area (Å²) < 4.78 is 1.81. The Kier molecular flexibility index (Phi) is 2.22. The first-order chi connectivity index (χ1) is 7.20. The third-order valence-corrected chi connectivity index (χ3v) is 2.28. The largest absolute Gasteiger partial charge is 0.272 e. The van der Waals surface area contributed by atoms with Crippen LogP contribution in [0.2, 0.25) is 0 Å². The van der Waals surface area contributed by atoms with Crippen LogP contribution < -0.4 is 0 Å². The lowest BCUT2D eigenvalue weighted by Crippen LogP contribution is -1.92. The van der Waals surface area contributed by atoms with Crippen LogP contribution in [0.1, 0.15) is 11.4 Å². The van der Waals surface area contributed by atoms with E-state index in [1.165, 1.54) is 0 Å². The van der Waals surface area contributed by atoms with Gasteiger partial charge in [-0.15, -0.1) is 0 Å². The van der Waals surface area contributed by atoms with E-state index >= 15 is 0 Å². The number of nitriles is 1. The van der Waals surface area contributed by atoms with Gasteiger partial charge in [0.2, 0.25) is 0 Å². The number of hydrogen-bond acceptors (Lipinski definition) is 3. The van der Waals surface area contributed by atoms with Crippen LogP contribution in [0.25, 0.3) is 11.3 Å². The van der Waals surface area contributed by atoms with Gasteiger partial charge in [-0.3, -0.25) is 4.68 Å². The van der Waals surface area contributed by atoms with Gasteiger partial charge in [0.05, 0.1) is 5.69 Å². The zero-order valence-electron chi connectivity index (χ0n) is 8.60. The molecule has 2 heterocycles. The fourth-order valence-corrected chi connectivity index (χ4v) is 1.35. The Hall–Kier alpha value is -2.15. The molecule has 74 valence electrons. The minimum Gasteiger partial charge on any atom is -0.272 e. The van der Waals surface area contributed by atoms with Gasteiger partial charge < -0.3 is 0 Å². The zero-order valence-corrected chi connectivity index (χ0v) is 8.60. The van der Waals surface area contributed by atoms with E-state index in [9.17, 15) is 0 Å². The standard InChI is InChI=1S/C11H10N4/c1-8-5-11(14-15(8)2)9-3-4-13-10(6-9)7-12/h3-6H,1-2H3. The van der Waals surface area contributed by atoms with E-state index in [1.807, 2.05) is 36.9 Å². The van der Waals surface area contributed by atoms with Crippen molar-refractivity contribution in [1.29, 1.82) is 5.26 Å². The lowest BCUT2D eigenvalue weighted by Gasteiger charge is -1.95. The molecule has 0 radical (unpaired) electrons. The van der Waals surface area contributed by atoms with Crippen molar-refractivity contribution in [2.24, 2.45) is 7.05 Å². The summed E-state index contributed by atoms with van der Waals surface area (Å²) in [4.78, 5) is 3.92. The highest BCUT2D eigenvalue weighted by Crippen LogP contribution is 2.18. The third kappa shape index (κ3) is 1.72. The summed E-state index contributed by atoms with van der Waals surface area (Å²) in [6.07, 6.45) is 1.62. The van der Waals surface area contributed by atoms with Gasteiger partial charge >= 0.3 is 0 Å². The van der Waals surface area contributed by atoms with Crippen LogP contribution in [-0.2, 0) is 7.05 Å². The third-order valence-electron chi connectivity index (χ3n) is 2.28. The molecular weight excluding hydrogens is 188 g/mol. The minimum absolute atomic E-state index is 0.413. The van der Waals surface area contributed by atoms with E-state index in [0.29, 0.717) is 5.69 Å². The topological polar surface area (TPSA) is 54.5 Å². The Morgan fingerprint density at radius 2 is 2.20 bits per heavy atom. The maximum absolute atomic E-state index is 8.73. The highest BCUT2D eigenvalue weighted by atomic mass is 15.3. The van der Waals surface area contributed by atoms with E-state index in [2.05, 4.69) is 10.1 Å². The van der Waals surface area contributed by atoms with Crippen molar-refractivity contribution in [2.75, 3.05) is 0 Å². The van der Waals surface area contributed by atoms with Crippen LogP contribution in [0.4, 0.5) is 0 Å². The summed E-state index contributed by atoms with van der Waals surface area (Å²) in [5.41, 5.74) is 3.29. The minimum atomic E-state index is 0.413. The first kappa shape index (κ1) is 9.41. The maximum atomic E-state index is 8.73. The molecule has 0 atom stereocenters. The Morgan fingerprint density at radius 1 is 1.40 bits per heavy atom. The first-order valence-corrected chi connectivity index (χ1v) is 4.58. The van der Waals surface area contributed by atoms with Gasteiger partial charge in [0.1, 0.15) is 11.8 Å². The molecule has 0 unspecified atom stereocenters. The monoisotopic (exact) mass is 198 g/mol. The maximum Gasteiger partial charge on any atom is 0.141 e. The fraction of sp³-hybridized carbons (Fsp3) is 0.182. The summed E-state index contributed by atoms with van der Waals surface area (Å²) in [5.74, 6) is 0. The lowest BCUT2D eigenvalue weighted by molar-refractivity contribution is 0.743. The second-order valence-corrected chi connectivity index (χ2v) is 3.34. The van der Waals surface area contributed by atoms with Gasteiger partial charge in [0.15, 0.2) is 0 Å². The number of nitrogens with zero attached hydrogens (tertiary/aromatic N) is 4. The molecular formula is C11H10N4. The second-order valence-electron chi connectivity index (χ2n) is 3.34. The van der Waals surface area contributed by atoms with Crippen LogP contribution >= 0.6 is 0 Å². The Bertz CT molecular complexity index is 514. The van der Waals surface area contributed by atoms with Crippen LogP contribution in [0.15, 0.2) is 24.4 Å². The number of pyridine rings is 1. The molecule has 15 heavy (non-hydrogen) atoms. The molecule has 2 aromatic rings. The van der Waals surface area contributed by atoms with Gasteiger partial charge in [-0.05, 0) is 25.1 Å². The van der Waals surface area contributed by atoms with Crippen LogP contribution in [0.5, 0.6) is 0 Å². The smallest absolute Gasteiger partial charge is 0.141 e. The predicted octanol–water partition coefficient (Wildman–Crippen LogP) is 1.66. The van der Waals surface area contributed by atoms with Crippen LogP contribution in [-0.4, -0.2) is 14.8 Å². The molecule has 0 spiro atoms. The van der Waals surface area contributed by atoms with Crippen molar-refractivity contribution in [1.82, 2.24) is 14.8 Å². The molecule has 2 aromatic heterocycles. The Morgan fingerprint density at radius 3 is 2.80 bits per heavy atom. The summed E-state index contributed by atoms with van der Waals surface area (Å²) in [6, 6.07) is 7.58. The molecule has 4 heteroatoms. The normalized spacial score (nSPS) is 9.93. The summed E-state index contributed by atoms with van der Waals surface area (Å²) in [5, 5.41) is 13.1. The van der Waals surface area contributed by atoms with Gasteiger partial charge in [0, 0.05) is 24.5 Å².